The normalized spacial score (nSPS) is 18.7. The highest BCUT2D eigenvalue weighted by Crippen LogP contribution is 2.49. The van der Waals surface area contributed by atoms with E-state index in [0.29, 0.717) is 11.3 Å². The van der Waals surface area contributed by atoms with Gasteiger partial charge in [-0.1, -0.05) is 145 Å². The summed E-state index contributed by atoms with van der Waals surface area (Å²) in [5.74, 6) is -2.38. The number of benzene rings is 8. The minimum absolute atomic E-state index is 0.214. The molecule has 0 aliphatic heterocycles. The third-order valence-electron chi connectivity index (χ3n) is 9.00. The third kappa shape index (κ3) is 5.04. The van der Waals surface area contributed by atoms with Gasteiger partial charge in [0.05, 0.1) is 38.4 Å². The summed E-state index contributed by atoms with van der Waals surface area (Å²) >= 11 is 0.605. The van der Waals surface area contributed by atoms with Gasteiger partial charge in [0, 0.05) is 69.5 Å². The fourth-order valence-electron chi connectivity index (χ4n) is 6.58. The highest BCUT2D eigenvalue weighted by atomic mass is 32.1. The maximum absolute atomic E-state index is 9.91. The lowest BCUT2D eigenvalue weighted by Gasteiger charge is -2.11. The molecule has 8 aromatic carbocycles. The van der Waals surface area contributed by atoms with Crippen LogP contribution in [0.25, 0.3) is 120 Å². The zero-order valence-electron chi connectivity index (χ0n) is 56.1. The molecule has 0 atom stereocenters. The molecule has 0 saturated heterocycles. The van der Waals surface area contributed by atoms with Crippen molar-refractivity contribution in [3.05, 3.63) is 175 Å². The van der Waals surface area contributed by atoms with Crippen molar-refractivity contribution >= 4 is 75.4 Å². The van der Waals surface area contributed by atoms with Crippen LogP contribution in [0.3, 0.4) is 0 Å². The van der Waals surface area contributed by atoms with Crippen molar-refractivity contribution in [2.24, 2.45) is 0 Å². The summed E-state index contributed by atoms with van der Waals surface area (Å²) in [6, 6.07) is -21.4. The molecule has 0 amide bonds. The standard InChI is InChI=1S/C51H29N3O2S/c1-3-13-30(14-4-1)49-52-50(31-15-5-2-6-16-31)54-51(53-49)32-25-26-33-36-20-11-21-37(47(36)56-43(33)29-32)38-28-27-35(46-40-18-8-10-24-44(40)57-48(38)46)34-19-12-23-42-45(34)39-17-7-9-22-41(39)55-42/h1-29H/i1D,2D,3D,4D,5D,6D,7D,8D,9D,10D,11D,12D,13D,14D,15D,16D,17D,18D,19D,20D,21D,23D,24D,25D,26D,27D,28D,29D. The highest BCUT2D eigenvalue weighted by molar-refractivity contribution is 7.26. The molecular weight excluding hydrogens is 719 g/mol. The van der Waals surface area contributed by atoms with Crippen molar-refractivity contribution in [1.82, 2.24) is 15.0 Å². The van der Waals surface area contributed by atoms with Crippen LogP contribution in [0.4, 0.5) is 0 Å². The number of aromatic nitrogens is 3. The average molecular weight is 776 g/mol. The lowest BCUT2D eigenvalue weighted by atomic mass is 9.92. The average Bonchev–Trinajstić information content (AvgIpc) is 1.67. The second-order valence-electron chi connectivity index (χ2n) is 12.2. The number of hydrogen-bond donors (Lipinski definition) is 0. The predicted molar refractivity (Wildman–Crippen MR) is 234 cm³/mol. The fourth-order valence-corrected chi connectivity index (χ4v) is 7.71. The minimum Gasteiger partial charge on any atom is -0.456 e. The van der Waals surface area contributed by atoms with Gasteiger partial charge in [0.1, 0.15) is 22.3 Å². The zero-order chi connectivity index (χ0) is 61.8. The number of hydrogen-bond acceptors (Lipinski definition) is 6. The molecule has 0 bridgehead atoms. The largest absolute Gasteiger partial charge is 0.456 e. The summed E-state index contributed by atoms with van der Waals surface area (Å²) in [6.45, 7) is 0. The van der Waals surface area contributed by atoms with Crippen LogP contribution < -0.4 is 0 Å². The first-order chi connectivity index (χ1) is 39.9. The first-order valence-corrected chi connectivity index (χ1v) is 17.5. The molecular formula is C51H29N3O2S. The van der Waals surface area contributed by atoms with Crippen molar-refractivity contribution in [1.29, 1.82) is 0 Å². The van der Waals surface area contributed by atoms with Crippen molar-refractivity contribution in [3.8, 4) is 56.4 Å². The molecule has 12 rings (SSSR count). The number of fused-ring (bicyclic) bond motifs is 9. The summed E-state index contributed by atoms with van der Waals surface area (Å²) in [5.41, 5.74) is -6.15. The predicted octanol–water partition coefficient (Wildman–Crippen LogP) is 14.4. The first kappa shape index (κ1) is 14.9. The van der Waals surface area contributed by atoms with Crippen LogP contribution >= 0.6 is 11.3 Å². The van der Waals surface area contributed by atoms with E-state index in [1.807, 2.05) is 0 Å². The Morgan fingerprint density at radius 2 is 1.04 bits per heavy atom. The van der Waals surface area contributed by atoms with E-state index in [9.17, 15) is 13.7 Å². The number of furan rings is 2. The van der Waals surface area contributed by atoms with E-state index in [1.165, 1.54) is 0 Å². The summed E-state index contributed by atoms with van der Waals surface area (Å²) in [7, 11) is 0. The van der Waals surface area contributed by atoms with E-state index in [-0.39, 0.29) is 36.5 Å². The molecule has 0 unspecified atom stereocenters. The molecule has 12 aromatic rings. The van der Waals surface area contributed by atoms with Gasteiger partial charge in [-0.25, -0.2) is 15.0 Å². The van der Waals surface area contributed by atoms with Crippen molar-refractivity contribution < 1.29 is 47.2 Å². The van der Waals surface area contributed by atoms with Gasteiger partial charge >= 0.3 is 0 Å². The fraction of sp³-hybridized carbons (Fsp3) is 0. The Labute approximate surface area is 369 Å². The maximum atomic E-state index is 9.91. The van der Waals surface area contributed by atoms with E-state index < -0.39 is 253 Å². The first-order valence-electron chi connectivity index (χ1n) is 30.6. The van der Waals surface area contributed by atoms with Gasteiger partial charge in [0.25, 0.3) is 0 Å². The van der Waals surface area contributed by atoms with Gasteiger partial charge in [-0.3, -0.25) is 0 Å². The van der Waals surface area contributed by atoms with Gasteiger partial charge < -0.3 is 8.83 Å². The summed E-state index contributed by atoms with van der Waals surface area (Å²) < 4.78 is 262. The Balaban J connectivity index is 1.23. The molecule has 0 aliphatic carbocycles. The zero-order valence-corrected chi connectivity index (χ0v) is 29.0. The molecule has 0 radical (unpaired) electrons. The summed E-state index contributed by atoms with van der Waals surface area (Å²) in [5, 5.41) is -2.20. The summed E-state index contributed by atoms with van der Waals surface area (Å²) in [4.78, 5) is 12.8. The molecule has 266 valence electrons. The lowest BCUT2D eigenvalue weighted by molar-refractivity contribution is 0.669. The van der Waals surface area contributed by atoms with Crippen molar-refractivity contribution in [2.45, 2.75) is 0 Å². The number of para-hydroxylation sites is 2. The van der Waals surface area contributed by atoms with E-state index in [0.717, 1.165) is 6.07 Å². The topological polar surface area (TPSA) is 65.0 Å². The Bertz CT molecular complexity index is 5050. The monoisotopic (exact) mass is 775 g/mol. The highest BCUT2D eigenvalue weighted by Gasteiger charge is 2.22. The molecule has 6 heteroatoms. The molecule has 5 nitrogen and oxygen atoms in total. The van der Waals surface area contributed by atoms with Crippen LogP contribution in [0.5, 0.6) is 0 Å². The van der Waals surface area contributed by atoms with Gasteiger partial charge in [-0.15, -0.1) is 11.3 Å². The minimum atomic E-state index is -0.939. The number of rotatable bonds is 5. The van der Waals surface area contributed by atoms with Gasteiger partial charge in [-0.05, 0) is 41.4 Å². The van der Waals surface area contributed by atoms with E-state index in [2.05, 4.69) is 15.0 Å². The second-order valence-corrected chi connectivity index (χ2v) is 13.2. The van der Waals surface area contributed by atoms with Gasteiger partial charge in [-0.2, -0.15) is 0 Å². The van der Waals surface area contributed by atoms with Crippen molar-refractivity contribution in [3.63, 3.8) is 0 Å². The van der Waals surface area contributed by atoms with Gasteiger partial charge in [0.2, 0.25) is 0 Å². The molecule has 0 fully saturated rings. The molecule has 0 N–H and O–H groups in total. The Kier molecular flexibility index (Phi) is 3.29. The van der Waals surface area contributed by atoms with Crippen LogP contribution in [0.1, 0.15) is 38.4 Å². The third-order valence-corrected chi connectivity index (χ3v) is 10.1. The Hall–Kier alpha value is -7.41. The quantitative estimate of drug-likeness (QED) is 0.174. The lowest BCUT2D eigenvalue weighted by Crippen LogP contribution is -2.00. The van der Waals surface area contributed by atoms with Crippen LogP contribution in [-0.2, 0) is 0 Å². The Morgan fingerprint density at radius 3 is 1.84 bits per heavy atom. The van der Waals surface area contributed by atoms with Gasteiger partial charge in [0.15, 0.2) is 17.5 Å². The second kappa shape index (κ2) is 12.6. The number of thiophene rings is 1. The van der Waals surface area contributed by atoms with E-state index in [1.54, 1.807) is 0 Å². The van der Waals surface area contributed by atoms with E-state index >= 15 is 0 Å². The van der Waals surface area contributed by atoms with E-state index in [4.69, 9.17) is 33.5 Å². The smallest absolute Gasteiger partial charge is 0.164 e. The van der Waals surface area contributed by atoms with Crippen LogP contribution in [-0.4, -0.2) is 15.0 Å². The molecule has 4 aromatic heterocycles. The van der Waals surface area contributed by atoms with Crippen LogP contribution in [0.2, 0.25) is 0 Å². The van der Waals surface area contributed by atoms with Crippen LogP contribution in [0, 0.1) is 0 Å². The summed E-state index contributed by atoms with van der Waals surface area (Å²) in [6.07, 6.45) is 0. The van der Waals surface area contributed by atoms with Crippen LogP contribution in [0.15, 0.2) is 184 Å². The maximum Gasteiger partial charge on any atom is 0.164 e. The molecule has 0 saturated carbocycles. The molecule has 4 heterocycles. The van der Waals surface area contributed by atoms with Crippen molar-refractivity contribution in [2.75, 3.05) is 0 Å². The molecule has 57 heavy (non-hydrogen) atoms. The molecule has 0 aliphatic rings. The molecule has 0 spiro atoms. The Morgan fingerprint density at radius 1 is 0.404 bits per heavy atom. The SMILES string of the molecule is [2H]c1cc2oc3c([2H])c([2H])c([2H])c(-c4c([2H])c([2H])c(-c5c([2H])c([2H])c([2H])c6c5oc5c([2H])c(-c7nc(-c8c([2H])c([2H])c([2H])c([2H])c8[2H])nc(-c8c([2H])c([2H])c([2H])c([2H])c8[2H])n7)c([2H])c([2H])c56)c5sc6c([2H])c([2H])c([2H])c([2H])c6c45)c3c2c([2H])c1[2H]. The number of nitrogens with zero attached hydrogens (tertiary/aromatic N) is 3.